The summed E-state index contributed by atoms with van der Waals surface area (Å²) in [5.74, 6) is 0.131. The molecule has 1 N–H and O–H groups in total. The summed E-state index contributed by atoms with van der Waals surface area (Å²) in [6, 6.07) is 0. The Morgan fingerprint density at radius 1 is 0.737 bits per heavy atom. The van der Waals surface area contributed by atoms with E-state index in [0.717, 1.165) is 26.2 Å². The topological polar surface area (TPSA) is 79.0 Å². The predicted molar refractivity (Wildman–Crippen MR) is 171 cm³/mol. The van der Waals surface area contributed by atoms with Gasteiger partial charge in [-0.1, -0.05) is 87.5 Å². The molecule has 0 rings (SSSR count). The summed E-state index contributed by atoms with van der Waals surface area (Å²) in [5, 5.41) is 2.44. The summed E-state index contributed by atoms with van der Waals surface area (Å²) in [7, 11) is 7.09. The van der Waals surface area contributed by atoms with Gasteiger partial charge in [0, 0.05) is 33.3 Å². The largest absolute Gasteiger partial charge is 0.381 e. The first-order chi connectivity index (χ1) is 18.1. The van der Waals surface area contributed by atoms with E-state index in [4.69, 9.17) is 0 Å². The summed E-state index contributed by atoms with van der Waals surface area (Å²) in [6.45, 7) is 27.8. The van der Waals surface area contributed by atoms with Gasteiger partial charge in [-0.05, 0) is 59.6 Å². The number of ketones is 2. The second-order valence-corrected chi connectivity index (χ2v) is 6.65. The molecule has 0 spiro atoms. The highest BCUT2D eigenvalue weighted by Crippen LogP contribution is 1.91. The van der Waals surface area contributed by atoms with Crippen LogP contribution >= 0.6 is 0 Å². The van der Waals surface area contributed by atoms with Crippen LogP contribution in [0.1, 0.15) is 89.5 Å². The van der Waals surface area contributed by atoms with Crippen LogP contribution < -0.4 is 5.32 Å². The van der Waals surface area contributed by atoms with Crippen LogP contribution in [0.3, 0.4) is 0 Å². The van der Waals surface area contributed by atoms with Crippen LogP contribution in [0.15, 0.2) is 36.5 Å². The van der Waals surface area contributed by atoms with Crippen molar-refractivity contribution in [3.63, 3.8) is 0 Å². The third-order valence-electron chi connectivity index (χ3n) is 3.30. The maximum Gasteiger partial charge on any atom is 0.243 e. The van der Waals surface area contributed by atoms with E-state index in [2.05, 4.69) is 28.8 Å². The molecule has 0 radical (unpaired) electrons. The Morgan fingerprint density at radius 3 is 1.45 bits per heavy atom. The minimum absolute atomic E-state index is 0.105. The number of nitrogens with zero attached hydrogens (tertiary/aromatic N) is 2. The van der Waals surface area contributed by atoms with E-state index in [1.807, 2.05) is 86.5 Å². The Kier molecular flexibility index (Phi) is 76.4. The summed E-state index contributed by atoms with van der Waals surface area (Å²) in [6.07, 6.45) is 11.3. The molecule has 0 aromatic heterocycles. The van der Waals surface area contributed by atoms with Crippen LogP contribution in [0, 0.1) is 0 Å². The Hall–Kier alpha value is -2.09. The first-order valence-corrected chi connectivity index (χ1v) is 14.2. The van der Waals surface area contributed by atoms with Crippen LogP contribution in [0.25, 0.3) is 0 Å². The van der Waals surface area contributed by atoms with Crippen LogP contribution in [0.4, 0.5) is 0 Å². The van der Waals surface area contributed by atoms with Crippen molar-refractivity contribution in [3.05, 3.63) is 36.5 Å². The van der Waals surface area contributed by atoms with E-state index in [9.17, 15) is 14.4 Å². The number of nitrogens with one attached hydrogen (secondary N) is 1. The molecule has 1 amide bonds. The zero-order chi connectivity index (χ0) is 31.8. The van der Waals surface area contributed by atoms with Gasteiger partial charge in [0.15, 0.2) is 11.6 Å². The van der Waals surface area contributed by atoms with Crippen molar-refractivity contribution in [1.82, 2.24) is 15.1 Å². The maximum atomic E-state index is 10.6. The lowest BCUT2D eigenvalue weighted by molar-refractivity contribution is -0.116. The molecule has 0 aliphatic rings. The number of likely N-dealkylation sites (N-methyl/N-ethyl adjacent to an activating group) is 3. The van der Waals surface area contributed by atoms with Crippen LogP contribution in [-0.2, 0) is 19.1 Å². The second kappa shape index (κ2) is 55.4. The average Bonchev–Trinajstić information content (AvgIpc) is 2.93. The molecule has 7 heteroatoms. The lowest BCUT2D eigenvalue weighted by Crippen LogP contribution is -2.24. The molecule has 0 aromatic carbocycles. The SMILES string of the molecule is CC.CC.CC.CC.CC(=O)/C=C/CN(C)C.CCCN(CC)C/C=C/C(C)=O.CNC(=O)/C=C/COC. The van der Waals surface area contributed by atoms with Gasteiger partial charge in [-0.2, -0.15) is 0 Å². The predicted octanol–water partition coefficient (Wildman–Crippen LogP) is 6.60. The van der Waals surface area contributed by atoms with Crippen molar-refractivity contribution in [2.45, 2.75) is 89.5 Å². The van der Waals surface area contributed by atoms with Crippen molar-refractivity contribution in [3.8, 4) is 0 Å². The third-order valence-corrected chi connectivity index (χ3v) is 3.30. The number of carbonyl (C=O) groups is 3. The monoisotopic (exact) mass is 546 g/mol. The molecule has 0 heterocycles. The fourth-order valence-corrected chi connectivity index (χ4v) is 1.83. The molecule has 0 aliphatic heterocycles. The number of methoxy groups -OCH3 is 1. The third kappa shape index (κ3) is 76.5. The Bertz CT molecular complexity index is 529. The lowest BCUT2D eigenvalue weighted by atomic mass is 10.3. The quantitative estimate of drug-likeness (QED) is 0.279. The number of hydrogen-bond donors (Lipinski definition) is 1. The van der Waals surface area contributed by atoms with E-state index < -0.39 is 0 Å². The maximum absolute atomic E-state index is 10.6. The summed E-state index contributed by atoms with van der Waals surface area (Å²) >= 11 is 0. The van der Waals surface area contributed by atoms with E-state index in [1.54, 1.807) is 46.2 Å². The second-order valence-electron chi connectivity index (χ2n) is 6.65. The summed E-state index contributed by atoms with van der Waals surface area (Å²) in [4.78, 5) is 35.6. The van der Waals surface area contributed by atoms with Crippen LogP contribution in [-0.4, -0.2) is 88.3 Å². The first kappa shape index (κ1) is 52.4. The molecule has 0 aliphatic carbocycles. The number of allylic oxidation sites excluding steroid dienone is 2. The highest BCUT2D eigenvalue weighted by molar-refractivity contribution is 5.87. The van der Waals surface area contributed by atoms with Gasteiger partial charge in [0.05, 0.1) is 6.61 Å². The molecular formula is C31H67N3O4. The van der Waals surface area contributed by atoms with Crippen molar-refractivity contribution in [2.24, 2.45) is 0 Å². The molecule has 0 fully saturated rings. The molecule has 0 aromatic rings. The zero-order valence-corrected chi connectivity index (χ0v) is 28.2. The van der Waals surface area contributed by atoms with Crippen LogP contribution in [0.2, 0.25) is 0 Å². The van der Waals surface area contributed by atoms with Crippen molar-refractivity contribution in [2.75, 3.05) is 61.0 Å². The van der Waals surface area contributed by atoms with E-state index >= 15 is 0 Å². The molecule has 0 atom stereocenters. The average molecular weight is 546 g/mol. The molecule has 7 nitrogen and oxygen atoms in total. The Morgan fingerprint density at radius 2 is 1.16 bits per heavy atom. The number of rotatable bonds is 12. The fourth-order valence-electron chi connectivity index (χ4n) is 1.83. The van der Waals surface area contributed by atoms with Gasteiger partial charge in [0.1, 0.15) is 0 Å². The standard InChI is InChI=1S/C10H19NO.C7H13NO.C6H11NO2.4C2H6/c1-4-8-11(5-2)9-6-7-10(3)12;1-7(9)5-4-6-8(2)3;1-7-6(8)4-3-5-9-2;4*1-2/h6-7H,4-5,8-9H2,1-3H3;4-5H,6H2,1-3H3;3-4H,5H2,1-2H3,(H,7,8);4*1-2H3/b7-6+;5-4+;4-3+;;;;. The molecule has 0 saturated carbocycles. The molecule has 230 valence electrons. The van der Waals surface area contributed by atoms with Gasteiger partial charge in [-0.25, -0.2) is 0 Å². The minimum atomic E-state index is -0.105. The van der Waals surface area contributed by atoms with Crippen molar-refractivity contribution in [1.29, 1.82) is 0 Å². The first-order valence-electron chi connectivity index (χ1n) is 14.2. The van der Waals surface area contributed by atoms with Crippen LogP contribution in [0.5, 0.6) is 0 Å². The van der Waals surface area contributed by atoms with Crippen molar-refractivity contribution < 1.29 is 19.1 Å². The minimum Gasteiger partial charge on any atom is -0.381 e. The van der Waals surface area contributed by atoms with E-state index in [-0.39, 0.29) is 17.5 Å². The Labute approximate surface area is 238 Å². The number of hydrogen-bond acceptors (Lipinski definition) is 6. The van der Waals surface area contributed by atoms with Gasteiger partial charge < -0.3 is 15.0 Å². The summed E-state index contributed by atoms with van der Waals surface area (Å²) in [5.41, 5.74) is 0. The molecule has 0 unspecified atom stereocenters. The van der Waals surface area contributed by atoms with E-state index in [0.29, 0.717) is 6.61 Å². The van der Waals surface area contributed by atoms with Gasteiger partial charge in [0.25, 0.3) is 0 Å². The molecule has 0 bridgehead atoms. The highest BCUT2D eigenvalue weighted by Gasteiger charge is 1.96. The number of amides is 1. The van der Waals surface area contributed by atoms with Gasteiger partial charge >= 0.3 is 0 Å². The van der Waals surface area contributed by atoms with Gasteiger partial charge in [-0.15, -0.1) is 0 Å². The molecular weight excluding hydrogens is 478 g/mol. The van der Waals surface area contributed by atoms with Crippen molar-refractivity contribution >= 4 is 17.5 Å². The molecule has 38 heavy (non-hydrogen) atoms. The normalized spacial score (nSPS) is 9.21. The number of carbonyl (C=O) groups excluding carboxylic acids is 3. The zero-order valence-electron chi connectivity index (χ0n) is 28.2. The Balaban J connectivity index is -0.0000000673. The lowest BCUT2D eigenvalue weighted by Gasteiger charge is -2.16. The van der Waals surface area contributed by atoms with E-state index in [1.165, 1.54) is 12.5 Å². The van der Waals surface area contributed by atoms with Gasteiger partial charge in [-0.3, -0.25) is 19.3 Å². The smallest absolute Gasteiger partial charge is 0.243 e. The van der Waals surface area contributed by atoms with Gasteiger partial charge in [0.2, 0.25) is 5.91 Å². The fraction of sp³-hybridized carbons (Fsp3) is 0.710. The summed E-state index contributed by atoms with van der Waals surface area (Å²) < 4.78 is 4.67. The number of ether oxygens (including phenoxy) is 1. The highest BCUT2D eigenvalue weighted by atomic mass is 16.5. The molecule has 0 saturated heterocycles.